The van der Waals surface area contributed by atoms with E-state index in [0.717, 1.165) is 29.2 Å². The summed E-state index contributed by atoms with van der Waals surface area (Å²) in [5.41, 5.74) is 3.40. The van der Waals surface area contributed by atoms with E-state index < -0.39 is 0 Å². The SMILES string of the molecule is CCNC(Cc1ccc(C)cc1Cl)c1ccn(C)n1. The van der Waals surface area contributed by atoms with Gasteiger partial charge in [0.15, 0.2) is 0 Å². The maximum atomic E-state index is 6.31. The molecule has 2 rings (SSSR count). The van der Waals surface area contributed by atoms with Gasteiger partial charge in [0, 0.05) is 18.3 Å². The van der Waals surface area contributed by atoms with Crippen LogP contribution in [0.15, 0.2) is 30.5 Å². The number of nitrogens with one attached hydrogen (secondary N) is 1. The number of likely N-dealkylation sites (N-methyl/N-ethyl adjacent to an activating group) is 1. The fraction of sp³-hybridized carbons (Fsp3) is 0.400. The molecule has 0 aliphatic carbocycles. The second-order valence-corrected chi connectivity index (χ2v) is 5.23. The van der Waals surface area contributed by atoms with Crippen LogP contribution in [0, 0.1) is 6.92 Å². The van der Waals surface area contributed by atoms with E-state index in [1.54, 1.807) is 0 Å². The highest BCUT2D eigenvalue weighted by atomic mass is 35.5. The Bertz CT molecular complexity index is 548. The van der Waals surface area contributed by atoms with Crippen LogP contribution in [0.2, 0.25) is 5.02 Å². The molecule has 1 heterocycles. The third-order valence-corrected chi connectivity index (χ3v) is 3.53. The van der Waals surface area contributed by atoms with Crippen molar-refractivity contribution in [1.82, 2.24) is 15.1 Å². The van der Waals surface area contributed by atoms with Gasteiger partial charge in [0.1, 0.15) is 0 Å². The summed E-state index contributed by atoms with van der Waals surface area (Å²) in [6, 6.07) is 8.47. The van der Waals surface area contributed by atoms with Gasteiger partial charge in [0.05, 0.1) is 11.7 Å². The van der Waals surface area contributed by atoms with Crippen LogP contribution in [-0.2, 0) is 13.5 Å². The highest BCUT2D eigenvalue weighted by Crippen LogP contribution is 2.23. The van der Waals surface area contributed by atoms with Crippen molar-refractivity contribution in [2.75, 3.05) is 6.54 Å². The third kappa shape index (κ3) is 3.58. The van der Waals surface area contributed by atoms with E-state index in [2.05, 4.69) is 42.5 Å². The van der Waals surface area contributed by atoms with Gasteiger partial charge >= 0.3 is 0 Å². The Balaban J connectivity index is 2.21. The summed E-state index contributed by atoms with van der Waals surface area (Å²) in [4.78, 5) is 0. The Morgan fingerprint density at radius 1 is 1.37 bits per heavy atom. The van der Waals surface area contributed by atoms with Gasteiger partial charge in [-0.3, -0.25) is 4.68 Å². The third-order valence-electron chi connectivity index (χ3n) is 3.17. The minimum Gasteiger partial charge on any atom is -0.309 e. The molecule has 0 aliphatic heterocycles. The summed E-state index contributed by atoms with van der Waals surface area (Å²) in [5, 5.41) is 8.78. The first-order valence-electron chi connectivity index (χ1n) is 6.58. The van der Waals surface area contributed by atoms with Gasteiger partial charge in [-0.25, -0.2) is 0 Å². The van der Waals surface area contributed by atoms with Crippen molar-refractivity contribution < 1.29 is 0 Å². The average Bonchev–Trinajstić information content (AvgIpc) is 2.78. The van der Waals surface area contributed by atoms with Crippen molar-refractivity contribution in [2.24, 2.45) is 7.05 Å². The Kier molecular flexibility index (Phi) is 4.61. The normalized spacial score (nSPS) is 12.6. The van der Waals surface area contributed by atoms with Crippen LogP contribution in [0.3, 0.4) is 0 Å². The van der Waals surface area contributed by atoms with Crippen molar-refractivity contribution in [3.05, 3.63) is 52.3 Å². The van der Waals surface area contributed by atoms with Crippen LogP contribution in [0.25, 0.3) is 0 Å². The summed E-state index contributed by atoms with van der Waals surface area (Å²) < 4.78 is 1.83. The number of rotatable bonds is 5. The van der Waals surface area contributed by atoms with Gasteiger partial charge in [-0.05, 0) is 43.1 Å². The van der Waals surface area contributed by atoms with E-state index in [-0.39, 0.29) is 6.04 Å². The summed E-state index contributed by atoms with van der Waals surface area (Å²) in [7, 11) is 1.94. The van der Waals surface area contributed by atoms with Crippen molar-refractivity contribution in [3.63, 3.8) is 0 Å². The van der Waals surface area contributed by atoms with Crippen LogP contribution < -0.4 is 5.32 Å². The minimum atomic E-state index is 0.200. The molecule has 1 unspecified atom stereocenters. The molecule has 3 nitrogen and oxygen atoms in total. The zero-order chi connectivity index (χ0) is 13.8. The first-order valence-corrected chi connectivity index (χ1v) is 6.96. The van der Waals surface area contributed by atoms with Gasteiger partial charge in [0.2, 0.25) is 0 Å². The van der Waals surface area contributed by atoms with Crippen LogP contribution >= 0.6 is 11.6 Å². The predicted molar refractivity (Wildman–Crippen MR) is 79.5 cm³/mol. The molecule has 2 aromatic rings. The number of aryl methyl sites for hydroxylation is 2. The highest BCUT2D eigenvalue weighted by Gasteiger charge is 2.15. The molecule has 0 saturated heterocycles. The number of hydrogen-bond acceptors (Lipinski definition) is 2. The summed E-state index contributed by atoms with van der Waals surface area (Å²) in [6.07, 6.45) is 2.82. The number of hydrogen-bond donors (Lipinski definition) is 1. The average molecular weight is 278 g/mol. The molecule has 0 spiro atoms. The standard InChI is InChI=1S/C15H20ClN3/c1-4-17-15(14-7-8-19(3)18-14)10-12-6-5-11(2)9-13(12)16/h5-9,15,17H,4,10H2,1-3H3. The molecular formula is C15H20ClN3. The lowest BCUT2D eigenvalue weighted by molar-refractivity contribution is 0.528. The smallest absolute Gasteiger partial charge is 0.0797 e. The Labute approximate surface area is 119 Å². The zero-order valence-corrected chi connectivity index (χ0v) is 12.4. The van der Waals surface area contributed by atoms with Crippen molar-refractivity contribution >= 4 is 11.6 Å². The largest absolute Gasteiger partial charge is 0.309 e. The Morgan fingerprint density at radius 3 is 2.74 bits per heavy atom. The lowest BCUT2D eigenvalue weighted by atomic mass is 10.0. The fourth-order valence-electron chi connectivity index (χ4n) is 2.18. The molecule has 0 radical (unpaired) electrons. The van der Waals surface area contributed by atoms with Gasteiger partial charge in [-0.1, -0.05) is 30.7 Å². The van der Waals surface area contributed by atoms with E-state index in [4.69, 9.17) is 11.6 Å². The number of halogens is 1. The van der Waals surface area contributed by atoms with Gasteiger partial charge < -0.3 is 5.32 Å². The predicted octanol–water partition coefficient (Wildman–Crippen LogP) is 3.28. The molecule has 102 valence electrons. The highest BCUT2D eigenvalue weighted by molar-refractivity contribution is 6.31. The molecule has 0 aliphatic rings. The van der Waals surface area contributed by atoms with E-state index in [1.165, 1.54) is 5.56 Å². The Hall–Kier alpha value is -1.32. The maximum Gasteiger partial charge on any atom is 0.0797 e. The Morgan fingerprint density at radius 2 is 2.16 bits per heavy atom. The van der Waals surface area contributed by atoms with E-state index in [0.29, 0.717) is 0 Å². The number of aromatic nitrogens is 2. The maximum absolute atomic E-state index is 6.31. The lowest BCUT2D eigenvalue weighted by Gasteiger charge is -2.16. The molecule has 1 atom stereocenters. The van der Waals surface area contributed by atoms with Gasteiger partial charge in [-0.2, -0.15) is 5.10 Å². The first-order chi connectivity index (χ1) is 9.10. The van der Waals surface area contributed by atoms with Crippen LogP contribution in [-0.4, -0.2) is 16.3 Å². The minimum absolute atomic E-state index is 0.200. The fourth-order valence-corrected chi connectivity index (χ4v) is 2.50. The molecular weight excluding hydrogens is 258 g/mol. The van der Waals surface area contributed by atoms with Crippen LogP contribution in [0.1, 0.15) is 29.8 Å². The quantitative estimate of drug-likeness (QED) is 0.909. The second kappa shape index (κ2) is 6.22. The van der Waals surface area contributed by atoms with Gasteiger partial charge in [-0.15, -0.1) is 0 Å². The number of nitrogens with zero attached hydrogens (tertiary/aromatic N) is 2. The van der Waals surface area contributed by atoms with Gasteiger partial charge in [0.25, 0.3) is 0 Å². The molecule has 4 heteroatoms. The summed E-state index contributed by atoms with van der Waals surface area (Å²) in [5.74, 6) is 0. The molecule has 0 amide bonds. The molecule has 0 bridgehead atoms. The van der Waals surface area contributed by atoms with Crippen LogP contribution in [0.5, 0.6) is 0 Å². The zero-order valence-electron chi connectivity index (χ0n) is 11.7. The summed E-state index contributed by atoms with van der Waals surface area (Å²) >= 11 is 6.31. The number of benzene rings is 1. The van der Waals surface area contributed by atoms with E-state index in [9.17, 15) is 0 Å². The van der Waals surface area contributed by atoms with Crippen molar-refractivity contribution in [3.8, 4) is 0 Å². The molecule has 19 heavy (non-hydrogen) atoms. The lowest BCUT2D eigenvalue weighted by Crippen LogP contribution is -2.23. The van der Waals surface area contributed by atoms with Crippen LogP contribution in [0.4, 0.5) is 0 Å². The van der Waals surface area contributed by atoms with Crippen molar-refractivity contribution in [1.29, 1.82) is 0 Å². The molecule has 1 aromatic heterocycles. The van der Waals surface area contributed by atoms with E-state index in [1.807, 2.05) is 24.0 Å². The monoisotopic (exact) mass is 277 g/mol. The molecule has 0 fully saturated rings. The molecule has 1 aromatic carbocycles. The topological polar surface area (TPSA) is 29.9 Å². The second-order valence-electron chi connectivity index (χ2n) is 4.82. The molecule has 1 N–H and O–H groups in total. The molecule has 0 saturated carbocycles. The first kappa shape index (κ1) is 14.1. The van der Waals surface area contributed by atoms with E-state index >= 15 is 0 Å². The van der Waals surface area contributed by atoms with Crippen molar-refractivity contribution in [2.45, 2.75) is 26.3 Å². The summed E-state index contributed by atoms with van der Waals surface area (Å²) in [6.45, 7) is 5.06.